The van der Waals surface area contributed by atoms with Crippen molar-refractivity contribution >= 4 is 6.29 Å². The lowest BCUT2D eigenvalue weighted by Crippen LogP contribution is -1.97. The van der Waals surface area contributed by atoms with Crippen LogP contribution in [0.2, 0.25) is 0 Å². The molecular formula is C16H16O3. The molecule has 0 unspecified atom stereocenters. The van der Waals surface area contributed by atoms with Crippen molar-refractivity contribution in [1.82, 2.24) is 0 Å². The standard InChI is InChI=1S/C16H16O3/c1-12-9-14(10-17)5-8-16(12)19-11-13-3-6-15(18-2)7-4-13/h3-10H,11H2,1-2H3. The number of methoxy groups -OCH3 is 1. The van der Waals surface area contributed by atoms with E-state index in [9.17, 15) is 4.79 Å². The molecule has 0 bridgehead atoms. The van der Waals surface area contributed by atoms with Gasteiger partial charge in [0.15, 0.2) is 0 Å². The molecule has 0 radical (unpaired) electrons. The second-order valence-corrected chi connectivity index (χ2v) is 4.28. The Kier molecular flexibility index (Phi) is 4.18. The topological polar surface area (TPSA) is 35.5 Å². The van der Waals surface area contributed by atoms with Crippen molar-refractivity contribution in [3.8, 4) is 11.5 Å². The first-order chi connectivity index (χ1) is 9.22. The molecular weight excluding hydrogens is 240 g/mol. The van der Waals surface area contributed by atoms with E-state index in [1.807, 2.05) is 43.3 Å². The predicted octanol–water partition coefficient (Wildman–Crippen LogP) is 3.40. The molecule has 0 saturated heterocycles. The van der Waals surface area contributed by atoms with Gasteiger partial charge in [-0.3, -0.25) is 4.79 Å². The van der Waals surface area contributed by atoms with Gasteiger partial charge in [-0.15, -0.1) is 0 Å². The summed E-state index contributed by atoms with van der Waals surface area (Å²) in [6, 6.07) is 13.1. The van der Waals surface area contributed by atoms with Crippen LogP contribution in [-0.2, 0) is 6.61 Å². The van der Waals surface area contributed by atoms with Crippen LogP contribution >= 0.6 is 0 Å². The van der Waals surface area contributed by atoms with Gasteiger partial charge in [-0.1, -0.05) is 12.1 Å². The number of ether oxygens (including phenoxy) is 2. The molecule has 19 heavy (non-hydrogen) atoms. The van der Waals surface area contributed by atoms with E-state index in [4.69, 9.17) is 9.47 Å². The molecule has 0 saturated carbocycles. The van der Waals surface area contributed by atoms with E-state index in [1.54, 1.807) is 13.2 Å². The van der Waals surface area contributed by atoms with Crippen LogP contribution in [0.15, 0.2) is 42.5 Å². The highest BCUT2D eigenvalue weighted by Gasteiger charge is 2.02. The third-order valence-corrected chi connectivity index (χ3v) is 2.89. The number of hydrogen-bond donors (Lipinski definition) is 0. The van der Waals surface area contributed by atoms with Gasteiger partial charge in [0.05, 0.1) is 7.11 Å². The monoisotopic (exact) mass is 256 g/mol. The molecule has 98 valence electrons. The summed E-state index contributed by atoms with van der Waals surface area (Å²) < 4.78 is 10.8. The Morgan fingerprint density at radius 1 is 1.11 bits per heavy atom. The Balaban J connectivity index is 2.03. The highest BCUT2D eigenvalue weighted by Crippen LogP contribution is 2.20. The first kappa shape index (κ1) is 13.1. The summed E-state index contributed by atoms with van der Waals surface area (Å²) >= 11 is 0. The van der Waals surface area contributed by atoms with E-state index in [0.717, 1.165) is 28.9 Å². The highest BCUT2D eigenvalue weighted by atomic mass is 16.5. The normalized spacial score (nSPS) is 10.0. The van der Waals surface area contributed by atoms with Gasteiger partial charge >= 0.3 is 0 Å². The molecule has 0 amide bonds. The molecule has 2 aromatic carbocycles. The van der Waals surface area contributed by atoms with Crippen molar-refractivity contribution in [1.29, 1.82) is 0 Å². The summed E-state index contributed by atoms with van der Waals surface area (Å²) in [5, 5.41) is 0. The van der Waals surface area contributed by atoms with E-state index in [1.165, 1.54) is 0 Å². The Morgan fingerprint density at radius 2 is 1.84 bits per heavy atom. The Hall–Kier alpha value is -2.29. The SMILES string of the molecule is COc1ccc(COc2ccc(C=O)cc2C)cc1. The fraction of sp³-hybridized carbons (Fsp3) is 0.188. The number of carbonyl (C=O) groups is 1. The number of aryl methyl sites for hydroxylation is 1. The van der Waals surface area contributed by atoms with Crippen LogP contribution in [0.4, 0.5) is 0 Å². The third kappa shape index (κ3) is 3.35. The Morgan fingerprint density at radius 3 is 2.42 bits per heavy atom. The molecule has 3 nitrogen and oxygen atoms in total. The van der Waals surface area contributed by atoms with Crippen molar-refractivity contribution in [3.63, 3.8) is 0 Å². The van der Waals surface area contributed by atoms with Gasteiger partial charge < -0.3 is 9.47 Å². The van der Waals surface area contributed by atoms with Crippen LogP contribution in [0.1, 0.15) is 21.5 Å². The smallest absolute Gasteiger partial charge is 0.150 e. The Bertz CT molecular complexity index is 559. The van der Waals surface area contributed by atoms with E-state index >= 15 is 0 Å². The summed E-state index contributed by atoms with van der Waals surface area (Å²) in [7, 11) is 1.64. The summed E-state index contributed by atoms with van der Waals surface area (Å²) in [6.07, 6.45) is 0.834. The van der Waals surface area contributed by atoms with E-state index in [-0.39, 0.29) is 0 Å². The minimum atomic E-state index is 0.491. The fourth-order valence-electron chi connectivity index (χ4n) is 1.79. The van der Waals surface area contributed by atoms with Crippen LogP contribution in [0.3, 0.4) is 0 Å². The van der Waals surface area contributed by atoms with Gasteiger partial charge in [0.25, 0.3) is 0 Å². The van der Waals surface area contributed by atoms with Crippen LogP contribution in [0, 0.1) is 6.92 Å². The van der Waals surface area contributed by atoms with E-state index in [2.05, 4.69) is 0 Å². The molecule has 0 spiro atoms. The summed E-state index contributed by atoms with van der Waals surface area (Å²) in [5.74, 6) is 1.62. The van der Waals surface area contributed by atoms with Crippen molar-refractivity contribution < 1.29 is 14.3 Å². The van der Waals surface area contributed by atoms with Gasteiger partial charge in [0, 0.05) is 5.56 Å². The molecule has 0 aromatic heterocycles. The number of aldehydes is 1. The zero-order chi connectivity index (χ0) is 13.7. The minimum Gasteiger partial charge on any atom is -0.497 e. The predicted molar refractivity (Wildman–Crippen MR) is 73.9 cm³/mol. The van der Waals surface area contributed by atoms with Crippen molar-refractivity contribution in [2.75, 3.05) is 7.11 Å². The third-order valence-electron chi connectivity index (χ3n) is 2.89. The minimum absolute atomic E-state index is 0.491. The van der Waals surface area contributed by atoms with Crippen LogP contribution in [0.5, 0.6) is 11.5 Å². The average molecular weight is 256 g/mol. The van der Waals surface area contributed by atoms with Crippen LogP contribution < -0.4 is 9.47 Å². The molecule has 2 rings (SSSR count). The number of hydrogen-bond acceptors (Lipinski definition) is 3. The fourth-order valence-corrected chi connectivity index (χ4v) is 1.79. The van der Waals surface area contributed by atoms with E-state index < -0.39 is 0 Å². The highest BCUT2D eigenvalue weighted by molar-refractivity contribution is 5.75. The van der Waals surface area contributed by atoms with E-state index in [0.29, 0.717) is 12.2 Å². The van der Waals surface area contributed by atoms with Gasteiger partial charge in [0.1, 0.15) is 24.4 Å². The molecule has 0 aliphatic rings. The second-order valence-electron chi connectivity index (χ2n) is 4.28. The molecule has 0 aliphatic carbocycles. The molecule has 2 aromatic rings. The second kappa shape index (κ2) is 6.05. The van der Waals surface area contributed by atoms with Crippen molar-refractivity contribution in [2.45, 2.75) is 13.5 Å². The Labute approximate surface area is 112 Å². The zero-order valence-corrected chi connectivity index (χ0v) is 11.1. The van der Waals surface area contributed by atoms with Crippen molar-refractivity contribution in [3.05, 3.63) is 59.2 Å². The van der Waals surface area contributed by atoms with Crippen LogP contribution in [0.25, 0.3) is 0 Å². The van der Waals surface area contributed by atoms with Gasteiger partial charge in [-0.2, -0.15) is 0 Å². The molecule has 0 fully saturated rings. The first-order valence-corrected chi connectivity index (χ1v) is 6.04. The molecule has 0 atom stereocenters. The van der Waals surface area contributed by atoms with Crippen molar-refractivity contribution in [2.24, 2.45) is 0 Å². The lowest BCUT2D eigenvalue weighted by Gasteiger charge is -2.10. The van der Waals surface area contributed by atoms with Crippen LogP contribution in [-0.4, -0.2) is 13.4 Å². The maximum absolute atomic E-state index is 10.7. The maximum atomic E-state index is 10.7. The lowest BCUT2D eigenvalue weighted by molar-refractivity contribution is 0.112. The van der Waals surface area contributed by atoms with Gasteiger partial charge in [0.2, 0.25) is 0 Å². The molecule has 0 N–H and O–H groups in total. The lowest BCUT2D eigenvalue weighted by atomic mass is 10.1. The maximum Gasteiger partial charge on any atom is 0.150 e. The average Bonchev–Trinajstić information content (AvgIpc) is 2.46. The first-order valence-electron chi connectivity index (χ1n) is 6.04. The molecule has 3 heteroatoms. The summed E-state index contributed by atoms with van der Waals surface area (Å²) in [4.78, 5) is 10.7. The number of benzene rings is 2. The largest absolute Gasteiger partial charge is 0.497 e. The van der Waals surface area contributed by atoms with Gasteiger partial charge in [-0.05, 0) is 48.4 Å². The summed E-state index contributed by atoms with van der Waals surface area (Å²) in [5.41, 5.74) is 2.69. The summed E-state index contributed by atoms with van der Waals surface area (Å²) in [6.45, 7) is 2.42. The molecule has 0 heterocycles. The quantitative estimate of drug-likeness (QED) is 0.769. The number of rotatable bonds is 5. The zero-order valence-electron chi connectivity index (χ0n) is 11.1. The number of carbonyl (C=O) groups excluding carboxylic acids is 1. The van der Waals surface area contributed by atoms with Gasteiger partial charge in [-0.25, -0.2) is 0 Å². The molecule has 0 aliphatic heterocycles.